The van der Waals surface area contributed by atoms with Crippen molar-refractivity contribution in [3.8, 4) is 0 Å². The largest absolute Gasteiger partial charge is 0.273 e. The van der Waals surface area contributed by atoms with E-state index >= 15 is 0 Å². The molecule has 0 aliphatic carbocycles. The van der Waals surface area contributed by atoms with E-state index in [1.165, 1.54) is 30.3 Å². The third-order valence-corrected chi connectivity index (χ3v) is 4.61. The van der Waals surface area contributed by atoms with Gasteiger partial charge < -0.3 is 0 Å². The second-order valence-electron chi connectivity index (χ2n) is 4.94. The van der Waals surface area contributed by atoms with Crippen LogP contribution in [-0.2, 0) is 14.8 Å². The van der Waals surface area contributed by atoms with Gasteiger partial charge in [-0.05, 0) is 24.3 Å². The molecule has 2 rings (SSSR count). The second-order valence-corrected chi connectivity index (χ2v) is 6.71. The molecule has 0 aromatic heterocycles. The summed E-state index contributed by atoms with van der Waals surface area (Å²) in [7, 11) is -3.70. The first-order chi connectivity index (χ1) is 11.9. The van der Waals surface area contributed by atoms with Crippen LogP contribution in [0.3, 0.4) is 0 Å². The molecule has 132 valence electrons. The molecule has 2 aromatic carbocycles. The number of benzene rings is 2. The maximum atomic E-state index is 13.4. The summed E-state index contributed by atoms with van der Waals surface area (Å²) in [6.07, 6.45) is -0.205. The van der Waals surface area contributed by atoms with Crippen molar-refractivity contribution < 1.29 is 22.4 Å². The van der Waals surface area contributed by atoms with Gasteiger partial charge >= 0.3 is 0 Å². The molecule has 0 heterocycles. The van der Waals surface area contributed by atoms with Gasteiger partial charge in [-0.25, -0.2) is 17.5 Å². The standard InChI is InChI=1S/C16H16FN3O4S/c17-14-9-5-4-8-13(14)16(22)20-19-15(21)10-11-18-25(23,24)12-6-2-1-3-7-12/h1-9,18H,10-11H2,(H,19,21)(H,20,22). The molecule has 0 saturated carbocycles. The summed E-state index contributed by atoms with van der Waals surface area (Å²) >= 11 is 0. The minimum absolute atomic E-state index is 0.0864. The molecule has 0 atom stereocenters. The van der Waals surface area contributed by atoms with Gasteiger partial charge in [0.05, 0.1) is 10.5 Å². The molecule has 7 nitrogen and oxygen atoms in total. The fourth-order valence-corrected chi connectivity index (χ4v) is 2.94. The van der Waals surface area contributed by atoms with E-state index in [-0.39, 0.29) is 23.4 Å². The number of nitrogens with one attached hydrogen (secondary N) is 3. The van der Waals surface area contributed by atoms with Gasteiger partial charge in [-0.15, -0.1) is 0 Å². The summed E-state index contributed by atoms with van der Waals surface area (Å²) in [5, 5.41) is 0. The van der Waals surface area contributed by atoms with E-state index in [4.69, 9.17) is 0 Å². The van der Waals surface area contributed by atoms with E-state index in [0.717, 1.165) is 6.07 Å². The quantitative estimate of drug-likeness (QED) is 0.663. The van der Waals surface area contributed by atoms with Crippen molar-refractivity contribution in [3.05, 3.63) is 66.0 Å². The minimum atomic E-state index is -3.70. The Bertz CT molecular complexity index is 857. The molecule has 0 radical (unpaired) electrons. The van der Waals surface area contributed by atoms with Crippen LogP contribution in [-0.4, -0.2) is 26.8 Å². The fourth-order valence-electron chi connectivity index (χ4n) is 1.88. The molecule has 25 heavy (non-hydrogen) atoms. The Balaban J connectivity index is 1.78. The van der Waals surface area contributed by atoms with Gasteiger partial charge in [-0.3, -0.25) is 20.4 Å². The SMILES string of the molecule is O=C(CCNS(=O)(=O)c1ccccc1)NNC(=O)c1ccccc1F. The molecule has 0 unspecified atom stereocenters. The number of hydrazine groups is 1. The van der Waals surface area contributed by atoms with E-state index in [9.17, 15) is 22.4 Å². The van der Waals surface area contributed by atoms with E-state index in [0.29, 0.717) is 0 Å². The Morgan fingerprint density at radius 3 is 2.24 bits per heavy atom. The molecule has 0 aliphatic heterocycles. The van der Waals surface area contributed by atoms with Crippen molar-refractivity contribution in [2.24, 2.45) is 0 Å². The van der Waals surface area contributed by atoms with Crippen LogP contribution in [0, 0.1) is 5.82 Å². The summed E-state index contributed by atoms with van der Waals surface area (Å²) in [6.45, 7) is -0.154. The smallest absolute Gasteiger partial charge is 0.272 e. The number of hydrogen-bond donors (Lipinski definition) is 3. The number of hydrogen-bond acceptors (Lipinski definition) is 4. The molecular formula is C16H16FN3O4S. The molecule has 0 spiro atoms. The van der Waals surface area contributed by atoms with Crippen LogP contribution in [0.15, 0.2) is 59.5 Å². The average molecular weight is 365 g/mol. The Hall–Kier alpha value is -2.78. The molecule has 9 heteroatoms. The highest BCUT2D eigenvalue weighted by Gasteiger charge is 2.14. The molecule has 0 bridgehead atoms. The van der Waals surface area contributed by atoms with Crippen LogP contribution in [0.5, 0.6) is 0 Å². The zero-order valence-electron chi connectivity index (χ0n) is 13.0. The molecular weight excluding hydrogens is 349 g/mol. The predicted molar refractivity (Wildman–Crippen MR) is 88.3 cm³/mol. The highest BCUT2D eigenvalue weighted by Crippen LogP contribution is 2.07. The first kappa shape index (κ1) is 18.6. The fraction of sp³-hybridized carbons (Fsp3) is 0.125. The van der Waals surface area contributed by atoms with Crippen molar-refractivity contribution in [2.45, 2.75) is 11.3 Å². The van der Waals surface area contributed by atoms with Gasteiger partial charge in [-0.1, -0.05) is 30.3 Å². The van der Waals surface area contributed by atoms with E-state index in [1.54, 1.807) is 18.2 Å². The highest BCUT2D eigenvalue weighted by molar-refractivity contribution is 7.89. The number of carbonyl (C=O) groups excluding carboxylic acids is 2. The highest BCUT2D eigenvalue weighted by atomic mass is 32.2. The van der Waals surface area contributed by atoms with Gasteiger partial charge in [0.15, 0.2) is 0 Å². The predicted octanol–water partition coefficient (Wildman–Crippen LogP) is 0.955. The number of rotatable bonds is 6. The zero-order chi connectivity index (χ0) is 18.3. The Kier molecular flexibility index (Phi) is 6.20. The summed E-state index contributed by atoms with van der Waals surface area (Å²) in [5.41, 5.74) is 3.94. The Labute approximate surface area is 144 Å². The average Bonchev–Trinajstić information content (AvgIpc) is 2.60. The summed E-state index contributed by atoms with van der Waals surface area (Å²) in [6, 6.07) is 13.0. The lowest BCUT2D eigenvalue weighted by Gasteiger charge is -2.09. The van der Waals surface area contributed by atoms with Gasteiger partial charge in [0.25, 0.3) is 5.91 Å². The van der Waals surface area contributed by atoms with Crippen molar-refractivity contribution in [3.63, 3.8) is 0 Å². The van der Waals surface area contributed by atoms with Crippen LogP contribution in [0.4, 0.5) is 4.39 Å². The summed E-state index contributed by atoms with van der Waals surface area (Å²) in [5.74, 6) is -2.15. The van der Waals surface area contributed by atoms with Gasteiger partial charge in [0, 0.05) is 13.0 Å². The van der Waals surface area contributed by atoms with Crippen molar-refractivity contribution in [1.82, 2.24) is 15.6 Å². The zero-order valence-corrected chi connectivity index (χ0v) is 13.8. The number of sulfonamides is 1. The lowest BCUT2D eigenvalue weighted by molar-refractivity contribution is -0.121. The summed E-state index contributed by atoms with van der Waals surface area (Å²) < 4.78 is 39.6. The van der Waals surface area contributed by atoms with Crippen molar-refractivity contribution in [1.29, 1.82) is 0 Å². The summed E-state index contributed by atoms with van der Waals surface area (Å²) in [4.78, 5) is 23.4. The van der Waals surface area contributed by atoms with Crippen molar-refractivity contribution in [2.75, 3.05) is 6.54 Å². The van der Waals surface area contributed by atoms with Crippen LogP contribution < -0.4 is 15.6 Å². The first-order valence-corrected chi connectivity index (χ1v) is 8.77. The van der Waals surface area contributed by atoms with E-state index in [1.807, 2.05) is 0 Å². The van der Waals surface area contributed by atoms with Gasteiger partial charge in [0.2, 0.25) is 15.9 Å². The third-order valence-electron chi connectivity index (χ3n) is 3.13. The van der Waals surface area contributed by atoms with E-state index in [2.05, 4.69) is 15.6 Å². The van der Waals surface area contributed by atoms with Crippen LogP contribution in [0.25, 0.3) is 0 Å². The van der Waals surface area contributed by atoms with Crippen LogP contribution in [0.1, 0.15) is 16.8 Å². The third kappa shape index (κ3) is 5.37. The molecule has 0 aliphatic rings. The number of halogens is 1. The lowest BCUT2D eigenvalue weighted by atomic mass is 10.2. The second kappa shape index (κ2) is 8.36. The number of carbonyl (C=O) groups is 2. The molecule has 2 amide bonds. The Morgan fingerprint density at radius 1 is 0.920 bits per heavy atom. The Morgan fingerprint density at radius 2 is 1.56 bits per heavy atom. The monoisotopic (exact) mass is 365 g/mol. The lowest BCUT2D eigenvalue weighted by Crippen LogP contribution is -2.43. The molecule has 0 saturated heterocycles. The molecule has 2 aromatic rings. The number of amides is 2. The maximum absolute atomic E-state index is 13.4. The maximum Gasteiger partial charge on any atom is 0.272 e. The van der Waals surface area contributed by atoms with Gasteiger partial charge in [-0.2, -0.15) is 0 Å². The first-order valence-electron chi connectivity index (χ1n) is 7.28. The van der Waals surface area contributed by atoms with Gasteiger partial charge in [0.1, 0.15) is 5.82 Å². The minimum Gasteiger partial charge on any atom is -0.273 e. The van der Waals surface area contributed by atoms with E-state index < -0.39 is 27.7 Å². The van der Waals surface area contributed by atoms with Crippen LogP contribution in [0.2, 0.25) is 0 Å². The van der Waals surface area contributed by atoms with Crippen LogP contribution >= 0.6 is 0 Å². The molecule has 3 N–H and O–H groups in total. The molecule has 0 fully saturated rings. The topological polar surface area (TPSA) is 104 Å². The normalized spacial score (nSPS) is 10.9. The van der Waals surface area contributed by atoms with Crippen molar-refractivity contribution >= 4 is 21.8 Å².